The summed E-state index contributed by atoms with van der Waals surface area (Å²) in [5, 5.41) is 7.97. The molecule has 0 aliphatic carbocycles. The molecule has 1 aliphatic rings. The number of nitrogens with zero attached hydrogens (tertiary/aromatic N) is 3. The molecule has 4 aromatic rings. The van der Waals surface area contributed by atoms with Gasteiger partial charge in [0.1, 0.15) is 11.6 Å². The highest BCUT2D eigenvalue weighted by Gasteiger charge is 2.38. The number of fused-ring (bicyclic) bond motifs is 1. The van der Waals surface area contributed by atoms with Crippen LogP contribution in [0.5, 0.6) is 0 Å². The van der Waals surface area contributed by atoms with Crippen molar-refractivity contribution in [1.29, 1.82) is 0 Å². The minimum atomic E-state index is -0.969. The van der Waals surface area contributed by atoms with E-state index in [-0.39, 0.29) is 16.8 Å². The Morgan fingerprint density at radius 2 is 1.74 bits per heavy atom. The lowest BCUT2D eigenvalue weighted by Gasteiger charge is -2.42. The van der Waals surface area contributed by atoms with E-state index >= 15 is 8.78 Å². The average Bonchev–Trinajstić information content (AvgIpc) is 3.27. The second-order valence-corrected chi connectivity index (χ2v) is 12.0. The van der Waals surface area contributed by atoms with Crippen LogP contribution in [0.4, 0.5) is 19.3 Å². The molecule has 1 aliphatic heterocycles. The molecule has 0 fully saturated rings. The number of rotatable bonds is 7. The second-order valence-electron chi connectivity index (χ2n) is 11.5. The number of anilines is 1. The maximum Gasteiger partial charge on any atom is 0.316 e. The van der Waals surface area contributed by atoms with Crippen LogP contribution in [0.1, 0.15) is 61.2 Å². The van der Waals surface area contributed by atoms with E-state index in [1.54, 1.807) is 0 Å². The molecule has 3 N–H and O–H groups in total. The van der Waals surface area contributed by atoms with Gasteiger partial charge >= 0.3 is 6.03 Å². The number of amides is 2. The van der Waals surface area contributed by atoms with Gasteiger partial charge in [-0.25, -0.2) is 18.3 Å². The van der Waals surface area contributed by atoms with Gasteiger partial charge in [0.2, 0.25) is 0 Å². The number of aryl methyl sites for hydroxylation is 3. The van der Waals surface area contributed by atoms with E-state index in [2.05, 4.69) is 50.0 Å². The molecule has 0 spiro atoms. The van der Waals surface area contributed by atoms with Crippen LogP contribution in [0, 0.1) is 18.6 Å². The molecule has 220 valence electrons. The van der Waals surface area contributed by atoms with Gasteiger partial charge in [-0.1, -0.05) is 49.7 Å². The van der Waals surface area contributed by atoms with Crippen LogP contribution in [0.3, 0.4) is 0 Å². The van der Waals surface area contributed by atoms with Crippen LogP contribution in [0.2, 0.25) is 5.02 Å². The Hall–Kier alpha value is -3.75. The summed E-state index contributed by atoms with van der Waals surface area (Å²) in [7, 11) is 0. The minimum absolute atomic E-state index is 0.0755. The first-order valence-electron chi connectivity index (χ1n) is 14.2. The number of hydrogen-bond donors (Lipinski definition) is 2. The van der Waals surface area contributed by atoms with Gasteiger partial charge in [0.25, 0.3) is 0 Å². The van der Waals surface area contributed by atoms with Crippen molar-refractivity contribution in [3.63, 3.8) is 0 Å². The summed E-state index contributed by atoms with van der Waals surface area (Å²) in [6.07, 6.45) is 2.12. The van der Waals surface area contributed by atoms with Crippen molar-refractivity contribution < 1.29 is 13.6 Å². The summed E-state index contributed by atoms with van der Waals surface area (Å²) in [4.78, 5) is 13.8. The molecule has 2 amide bonds. The van der Waals surface area contributed by atoms with Gasteiger partial charge in [0, 0.05) is 47.3 Å². The van der Waals surface area contributed by atoms with E-state index < -0.39 is 17.7 Å². The molecule has 5 rings (SSSR count). The van der Waals surface area contributed by atoms with Crippen molar-refractivity contribution in [2.75, 3.05) is 5.32 Å². The van der Waals surface area contributed by atoms with Crippen LogP contribution < -0.4 is 11.1 Å². The summed E-state index contributed by atoms with van der Waals surface area (Å²) >= 11 is 6.23. The van der Waals surface area contributed by atoms with Gasteiger partial charge in [0.05, 0.1) is 22.8 Å². The maximum absolute atomic E-state index is 15.9. The largest absolute Gasteiger partial charge is 0.351 e. The molecule has 6 nitrogen and oxygen atoms in total. The van der Waals surface area contributed by atoms with E-state index in [9.17, 15) is 4.79 Å². The van der Waals surface area contributed by atoms with Crippen molar-refractivity contribution in [1.82, 2.24) is 14.7 Å². The number of nitrogens with one attached hydrogen (secondary N) is 1. The van der Waals surface area contributed by atoms with Gasteiger partial charge in [-0.3, -0.25) is 4.90 Å². The average molecular weight is 592 g/mol. The summed E-state index contributed by atoms with van der Waals surface area (Å²) in [5.41, 5.74) is 12.2. The van der Waals surface area contributed by atoms with E-state index in [1.165, 1.54) is 0 Å². The highest BCUT2D eigenvalue weighted by molar-refractivity contribution is 6.30. The standard InChI is InChI=1S/C33H36ClF2N5O/c1-6-20-9-8-10-21(7-2)30(20)41-31(24-14-27(36)28(15-26(24)35)38-32(37)42)25-18-40(33(4,5)16-29(25)39-41)17-22-11-12-23(34)13-19(22)3/h8-15H,6-7,16-18H2,1-5H3,(H3,37,38,42). The topological polar surface area (TPSA) is 76.2 Å². The van der Waals surface area contributed by atoms with Crippen LogP contribution in [0.15, 0.2) is 48.5 Å². The maximum atomic E-state index is 15.9. The molecule has 0 saturated heterocycles. The fourth-order valence-corrected chi connectivity index (χ4v) is 6.15. The molecule has 2 heterocycles. The van der Waals surface area contributed by atoms with Crippen molar-refractivity contribution in [2.45, 2.75) is 72.5 Å². The lowest BCUT2D eigenvalue weighted by Crippen LogP contribution is -2.47. The number of primary amides is 1. The molecule has 0 unspecified atom stereocenters. The quantitative estimate of drug-likeness (QED) is 0.231. The molecular formula is C33H36ClF2N5O. The number of hydrogen-bond acceptors (Lipinski definition) is 3. The Morgan fingerprint density at radius 1 is 1.05 bits per heavy atom. The van der Waals surface area contributed by atoms with E-state index in [4.69, 9.17) is 22.4 Å². The molecule has 42 heavy (non-hydrogen) atoms. The van der Waals surface area contributed by atoms with Crippen molar-refractivity contribution in [3.05, 3.63) is 98.7 Å². The predicted octanol–water partition coefficient (Wildman–Crippen LogP) is 7.73. The number of benzene rings is 3. The Labute approximate surface area is 250 Å². The number of urea groups is 1. The zero-order chi connectivity index (χ0) is 30.3. The van der Waals surface area contributed by atoms with E-state index in [1.807, 2.05) is 35.9 Å². The van der Waals surface area contributed by atoms with Crippen LogP contribution >= 0.6 is 11.6 Å². The fraction of sp³-hybridized carbons (Fsp3) is 0.333. The number of para-hydroxylation sites is 1. The van der Waals surface area contributed by atoms with E-state index in [0.717, 1.165) is 64.2 Å². The summed E-state index contributed by atoms with van der Waals surface area (Å²) in [5.74, 6) is -1.46. The normalized spacial score (nSPS) is 14.6. The van der Waals surface area contributed by atoms with Gasteiger partial charge < -0.3 is 11.1 Å². The lowest BCUT2D eigenvalue weighted by molar-refractivity contribution is 0.0881. The highest BCUT2D eigenvalue weighted by atomic mass is 35.5. The first kappa shape index (κ1) is 29.7. The number of halogens is 3. The van der Waals surface area contributed by atoms with E-state index in [0.29, 0.717) is 30.2 Å². The number of aromatic nitrogens is 2. The van der Waals surface area contributed by atoms with Crippen molar-refractivity contribution in [2.24, 2.45) is 5.73 Å². The molecule has 0 bridgehead atoms. The molecule has 9 heteroatoms. The van der Waals surface area contributed by atoms with Gasteiger partial charge in [0.15, 0.2) is 0 Å². The summed E-state index contributed by atoms with van der Waals surface area (Å²) in [6.45, 7) is 11.7. The Morgan fingerprint density at radius 3 is 2.36 bits per heavy atom. The van der Waals surface area contributed by atoms with Crippen LogP contribution in [-0.4, -0.2) is 26.3 Å². The smallest absolute Gasteiger partial charge is 0.316 e. The third-order valence-electron chi connectivity index (χ3n) is 8.28. The zero-order valence-corrected chi connectivity index (χ0v) is 25.4. The fourth-order valence-electron chi connectivity index (χ4n) is 5.92. The van der Waals surface area contributed by atoms with Crippen LogP contribution in [0.25, 0.3) is 16.9 Å². The third kappa shape index (κ3) is 5.53. The predicted molar refractivity (Wildman–Crippen MR) is 164 cm³/mol. The SMILES string of the molecule is CCc1cccc(CC)c1-n1nc2c(c1-c1cc(F)c(NC(N)=O)cc1F)CN(Cc1ccc(Cl)cc1C)C(C)(C)C2. The number of nitrogens with two attached hydrogens (primary N) is 1. The first-order valence-corrected chi connectivity index (χ1v) is 14.6. The second kappa shape index (κ2) is 11.5. The monoisotopic (exact) mass is 591 g/mol. The van der Waals surface area contributed by atoms with Crippen LogP contribution in [-0.2, 0) is 32.4 Å². The summed E-state index contributed by atoms with van der Waals surface area (Å²) < 4.78 is 33.1. The number of carbonyl (C=O) groups excluding carboxylic acids is 1. The first-order chi connectivity index (χ1) is 19.9. The van der Waals surface area contributed by atoms with Crippen molar-refractivity contribution >= 4 is 23.3 Å². The van der Waals surface area contributed by atoms with Gasteiger partial charge in [-0.15, -0.1) is 0 Å². The molecule has 0 radical (unpaired) electrons. The lowest BCUT2D eigenvalue weighted by atomic mass is 9.87. The molecule has 0 atom stereocenters. The van der Waals surface area contributed by atoms with Crippen molar-refractivity contribution in [3.8, 4) is 16.9 Å². The third-order valence-corrected chi connectivity index (χ3v) is 8.52. The summed E-state index contributed by atoms with van der Waals surface area (Å²) in [6, 6.07) is 13.1. The molecule has 0 saturated carbocycles. The van der Waals surface area contributed by atoms with Gasteiger partial charge in [-0.05, 0) is 74.1 Å². The number of carbonyl (C=O) groups is 1. The highest BCUT2D eigenvalue weighted by Crippen LogP contribution is 2.41. The minimum Gasteiger partial charge on any atom is -0.351 e. The molecular weight excluding hydrogens is 556 g/mol. The van der Waals surface area contributed by atoms with Gasteiger partial charge in [-0.2, -0.15) is 5.10 Å². The Kier molecular flexibility index (Phi) is 8.14. The Balaban J connectivity index is 1.73. The Bertz CT molecular complexity index is 1660. The zero-order valence-electron chi connectivity index (χ0n) is 24.6. The molecule has 3 aromatic carbocycles. The molecule has 1 aromatic heterocycles.